The average molecular weight is 196 g/mol. The average Bonchev–Trinajstić information content (AvgIpc) is 2.20. The van der Waals surface area contributed by atoms with Crippen molar-refractivity contribution in [3.8, 4) is 0 Å². The number of aliphatic hydroxyl groups excluding tert-OH is 2. The molecule has 1 aromatic rings. The highest BCUT2D eigenvalue weighted by molar-refractivity contribution is 5.50. The molecule has 0 aliphatic rings. The van der Waals surface area contributed by atoms with Gasteiger partial charge in [0.05, 0.1) is 6.10 Å². The topological polar surface area (TPSA) is 92.5 Å². The van der Waals surface area contributed by atoms with Gasteiger partial charge in [-0.1, -0.05) is 12.1 Å². The van der Waals surface area contributed by atoms with E-state index >= 15 is 0 Å². The third-order valence-electron chi connectivity index (χ3n) is 2.34. The van der Waals surface area contributed by atoms with Gasteiger partial charge < -0.3 is 21.7 Å². The number of rotatable bonds is 3. The third-order valence-corrected chi connectivity index (χ3v) is 2.34. The Balaban J connectivity index is 3.01. The van der Waals surface area contributed by atoms with Crippen molar-refractivity contribution in [2.75, 3.05) is 12.3 Å². The van der Waals surface area contributed by atoms with E-state index < -0.39 is 12.2 Å². The highest BCUT2D eigenvalue weighted by Gasteiger charge is 2.18. The standard InChI is InChI=1S/C10H16N2O2/c1-6-7(3-2-4-8(6)12)10(14)9(13)5-11/h2-4,9-10,13-14H,5,11-12H2,1H3. The number of aliphatic hydroxyl groups is 2. The maximum atomic E-state index is 9.71. The molecule has 0 aliphatic heterocycles. The summed E-state index contributed by atoms with van der Waals surface area (Å²) in [7, 11) is 0. The van der Waals surface area contributed by atoms with E-state index in [9.17, 15) is 10.2 Å². The van der Waals surface area contributed by atoms with Crippen LogP contribution in [0.25, 0.3) is 0 Å². The van der Waals surface area contributed by atoms with Gasteiger partial charge in [0.2, 0.25) is 0 Å². The second-order valence-electron chi connectivity index (χ2n) is 3.31. The number of hydrogen-bond donors (Lipinski definition) is 4. The Bertz CT molecular complexity index is 315. The van der Waals surface area contributed by atoms with Gasteiger partial charge in [0.1, 0.15) is 6.10 Å². The lowest BCUT2D eigenvalue weighted by Gasteiger charge is -2.19. The van der Waals surface area contributed by atoms with Crippen LogP contribution in [0.5, 0.6) is 0 Å². The summed E-state index contributed by atoms with van der Waals surface area (Å²) < 4.78 is 0. The van der Waals surface area contributed by atoms with Crippen LogP contribution in [0.3, 0.4) is 0 Å². The minimum atomic E-state index is -0.969. The molecule has 0 fully saturated rings. The van der Waals surface area contributed by atoms with E-state index in [2.05, 4.69) is 0 Å². The predicted octanol–water partition coefficient (Wildman–Crippen LogP) is -0.0698. The monoisotopic (exact) mass is 196 g/mol. The van der Waals surface area contributed by atoms with Crippen LogP contribution in [0, 0.1) is 6.92 Å². The Morgan fingerprint density at radius 3 is 2.57 bits per heavy atom. The Labute approximate surface area is 83.2 Å². The molecule has 4 heteroatoms. The van der Waals surface area contributed by atoms with Gasteiger partial charge in [-0.3, -0.25) is 0 Å². The van der Waals surface area contributed by atoms with Crippen molar-refractivity contribution in [3.63, 3.8) is 0 Å². The lowest BCUT2D eigenvalue weighted by Crippen LogP contribution is -2.27. The fraction of sp³-hybridized carbons (Fsp3) is 0.400. The maximum absolute atomic E-state index is 9.71. The molecule has 0 spiro atoms. The molecule has 14 heavy (non-hydrogen) atoms. The first-order chi connectivity index (χ1) is 6.57. The molecule has 0 saturated heterocycles. The molecule has 0 bridgehead atoms. The van der Waals surface area contributed by atoms with Gasteiger partial charge in [0, 0.05) is 12.2 Å². The molecule has 0 aromatic heterocycles. The van der Waals surface area contributed by atoms with E-state index in [1.54, 1.807) is 25.1 Å². The van der Waals surface area contributed by atoms with E-state index in [0.717, 1.165) is 5.56 Å². The Morgan fingerprint density at radius 1 is 1.36 bits per heavy atom. The molecule has 0 amide bonds. The summed E-state index contributed by atoms with van der Waals surface area (Å²) in [4.78, 5) is 0. The largest absolute Gasteiger partial charge is 0.399 e. The van der Waals surface area contributed by atoms with Crippen LogP contribution in [-0.4, -0.2) is 22.9 Å². The Kier molecular flexibility index (Phi) is 3.46. The minimum Gasteiger partial charge on any atom is -0.399 e. The number of hydrogen-bond acceptors (Lipinski definition) is 4. The molecular weight excluding hydrogens is 180 g/mol. The SMILES string of the molecule is Cc1c(N)cccc1C(O)C(O)CN. The Hall–Kier alpha value is -1.10. The summed E-state index contributed by atoms with van der Waals surface area (Å²) in [5, 5.41) is 19.1. The molecular formula is C10H16N2O2. The second kappa shape index (κ2) is 4.41. The zero-order valence-electron chi connectivity index (χ0n) is 8.14. The first-order valence-electron chi connectivity index (χ1n) is 4.49. The molecule has 0 heterocycles. The van der Waals surface area contributed by atoms with Gasteiger partial charge in [0.15, 0.2) is 0 Å². The molecule has 0 aliphatic carbocycles. The molecule has 1 rings (SSSR count). The third kappa shape index (κ3) is 2.04. The molecule has 0 saturated carbocycles. The van der Waals surface area contributed by atoms with Crippen molar-refractivity contribution in [2.45, 2.75) is 19.1 Å². The van der Waals surface area contributed by atoms with Gasteiger partial charge in [-0.05, 0) is 24.1 Å². The van der Waals surface area contributed by atoms with Crippen molar-refractivity contribution in [2.24, 2.45) is 5.73 Å². The van der Waals surface area contributed by atoms with E-state index in [0.29, 0.717) is 11.3 Å². The summed E-state index contributed by atoms with van der Waals surface area (Å²) in [6.45, 7) is 1.83. The van der Waals surface area contributed by atoms with Crippen LogP contribution >= 0.6 is 0 Å². The molecule has 1 aromatic carbocycles. The summed E-state index contributed by atoms with van der Waals surface area (Å²) in [6.07, 6.45) is -1.92. The van der Waals surface area contributed by atoms with Crippen molar-refractivity contribution in [1.82, 2.24) is 0 Å². The van der Waals surface area contributed by atoms with Gasteiger partial charge in [-0.2, -0.15) is 0 Å². The normalized spacial score (nSPS) is 15.1. The molecule has 2 unspecified atom stereocenters. The van der Waals surface area contributed by atoms with E-state index in [1.807, 2.05) is 0 Å². The lowest BCUT2D eigenvalue weighted by atomic mass is 9.98. The van der Waals surface area contributed by atoms with Crippen molar-refractivity contribution in [1.29, 1.82) is 0 Å². The zero-order chi connectivity index (χ0) is 10.7. The smallest absolute Gasteiger partial charge is 0.106 e. The molecule has 2 atom stereocenters. The highest BCUT2D eigenvalue weighted by atomic mass is 16.3. The van der Waals surface area contributed by atoms with Crippen molar-refractivity contribution < 1.29 is 10.2 Å². The van der Waals surface area contributed by atoms with Gasteiger partial charge in [0.25, 0.3) is 0 Å². The van der Waals surface area contributed by atoms with Gasteiger partial charge in [-0.25, -0.2) is 0 Å². The maximum Gasteiger partial charge on any atom is 0.106 e. The second-order valence-corrected chi connectivity index (χ2v) is 3.31. The van der Waals surface area contributed by atoms with Crippen LogP contribution in [0.4, 0.5) is 5.69 Å². The van der Waals surface area contributed by atoms with Crippen LogP contribution in [0.2, 0.25) is 0 Å². The lowest BCUT2D eigenvalue weighted by molar-refractivity contribution is 0.0240. The zero-order valence-corrected chi connectivity index (χ0v) is 8.14. The number of benzene rings is 1. The number of nitrogens with two attached hydrogens (primary N) is 2. The van der Waals surface area contributed by atoms with Gasteiger partial charge in [-0.15, -0.1) is 0 Å². The highest BCUT2D eigenvalue weighted by Crippen LogP contribution is 2.24. The Morgan fingerprint density at radius 2 is 2.00 bits per heavy atom. The fourth-order valence-electron chi connectivity index (χ4n) is 1.33. The number of anilines is 1. The summed E-state index contributed by atoms with van der Waals surface area (Å²) in [6, 6.07) is 5.22. The number of nitrogen functional groups attached to an aromatic ring is 1. The fourth-order valence-corrected chi connectivity index (χ4v) is 1.33. The van der Waals surface area contributed by atoms with E-state index in [-0.39, 0.29) is 6.54 Å². The van der Waals surface area contributed by atoms with E-state index in [4.69, 9.17) is 11.5 Å². The summed E-state index contributed by atoms with van der Waals surface area (Å²) in [5.74, 6) is 0. The van der Waals surface area contributed by atoms with Crippen LogP contribution in [-0.2, 0) is 0 Å². The first kappa shape index (κ1) is 11.0. The molecule has 78 valence electrons. The summed E-state index contributed by atoms with van der Waals surface area (Å²) in [5.41, 5.74) is 12.9. The van der Waals surface area contributed by atoms with E-state index in [1.165, 1.54) is 0 Å². The van der Waals surface area contributed by atoms with Crippen molar-refractivity contribution >= 4 is 5.69 Å². The molecule has 4 nitrogen and oxygen atoms in total. The van der Waals surface area contributed by atoms with Crippen LogP contribution in [0.1, 0.15) is 17.2 Å². The quantitative estimate of drug-likeness (QED) is 0.509. The molecule has 6 N–H and O–H groups in total. The van der Waals surface area contributed by atoms with Gasteiger partial charge >= 0.3 is 0 Å². The molecule has 0 radical (unpaired) electrons. The van der Waals surface area contributed by atoms with Crippen molar-refractivity contribution in [3.05, 3.63) is 29.3 Å². The predicted molar refractivity (Wildman–Crippen MR) is 55.6 cm³/mol. The minimum absolute atomic E-state index is 0.0232. The van der Waals surface area contributed by atoms with Crippen LogP contribution in [0.15, 0.2) is 18.2 Å². The first-order valence-corrected chi connectivity index (χ1v) is 4.49. The summed E-state index contributed by atoms with van der Waals surface area (Å²) >= 11 is 0. The van der Waals surface area contributed by atoms with Crippen LogP contribution < -0.4 is 11.5 Å².